The smallest absolute Gasteiger partial charge is 0.198 e. The van der Waals surface area contributed by atoms with Crippen molar-refractivity contribution in [3.05, 3.63) is 53.6 Å². The van der Waals surface area contributed by atoms with Gasteiger partial charge in [-0.3, -0.25) is 0 Å². The molecule has 0 aliphatic carbocycles. The van der Waals surface area contributed by atoms with Crippen molar-refractivity contribution in [2.75, 3.05) is 13.7 Å². The van der Waals surface area contributed by atoms with Gasteiger partial charge in [0.1, 0.15) is 5.75 Å². The van der Waals surface area contributed by atoms with Gasteiger partial charge in [0, 0.05) is 32.0 Å². The molecule has 0 unspecified atom stereocenters. The molecule has 0 amide bonds. The molecule has 26 heavy (non-hydrogen) atoms. The van der Waals surface area contributed by atoms with Crippen molar-refractivity contribution in [3.8, 4) is 17.2 Å². The molecule has 4 nitrogen and oxygen atoms in total. The van der Waals surface area contributed by atoms with Gasteiger partial charge in [-0.1, -0.05) is 50.0 Å². The van der Waals surface area contributed by atoms with Crippen LogP contribution in [0.15, 0.2) is 42.5 Å². The van der Waals surface area contributed by atoms with E-state index in [2.05, 4.69) is 31.8 Å². The van der Waals surface area contributed by atoms with Crippen LogP contribution in [0.4, 0.5) is 0 Å². The molecule has 3 rings (SSSR count). The molecule has 0 aromatic heterocycles. The molecule has 0 bridgehead atoms. The van der Waals surface area contributed by atoms with Gasteiger partial charge in [0.05, 0.1) is 13.7 Å². The second-order valence-corrected chi connectivity index (χ2v) is 13.6. The van der Waals surface area contributed by atoms with Gasteiger partial charge in [0.25, 0.3) is 0 Å². The predicted molar refractivity (Wildman–Crippen MR) is 106 cm³/mol. The molecule has 2 aromatic rings. The van der Waals surface area contributed by atoms with E-state index in [0.29, 0.717) is 30.3 Å². The van der Waals surface area contributed by atoms with Gasteiger partial charge in [-0.25, -0.2) is 0 Å². The third-order valence-electron chi connectivity index (χ3n) is 4.68. The topological polar surface area (TPSA) is 47.9 Å². The fraction of sp³-hybridized carbons (Fsp3) is 0.429. The summed E-state index contributed by atoms with van der Waals surface area (Å²) in [7, 11) is 0.486. The molecule has 5 heteroatoms. The Balaban J connectivity index is 1.91. The van der Waals surface area contributed by atoms with Gasteiger partial charge in [0.2, 0.25) is 0 Å². The van der Waals surface area contributed by atoms with E-state index in [9.17, 15) is 5.11 Å². The number of hydrogen-bond donors (Lipinski definition) is 1. The summed E-state index contributed by atoms with van der Waals surface area (Å²) in [4.78, 5) is 0. The fourth-order valence-electron chi connectivity index (χ4n) is 3.20. The fourth-order valence-corrected chi connectivity index (χ4v) is 3.91. The lowest BCUT2D eigenvalue weighted by molar-refractivity contribution is -0.0361. The normalized spacial score (nSPS) is 19.4. The molecule has 0 saturated heterocycles. The maximum absolute atomic E-state index is 10.2. The molecule has 140 valence electrons. The SMILES string of the molecule is COc1cc2c(cc1OCC[Si](C)(C)C)O[C@H](O)C[C@@H]2c1ccccc1. The quantitative estimate of drug-likeness (QED) is 0.750. The Morgan fingerprint density at radius 1 is 1.12 bits per heavy atom. The van der Waals surface area contributed by atoms with Crippen LogP contribution in [0.25, 0.3) is 0 Å². The van der Waals surface area contributed by atoms with E-state index in [1.165, 1.54) is 0 Å². The van der Waals surface area contributed by atoms with Crippen LogP contribution in [0.5, 0.6) is 17.2 Å². The highest BCUT2D eigenvalue weighted by molar-refractivity contribution is 6.76. The van der Waals surface area contributed by atoms with Crippen molar-refractivity contribution in [2.45, 2.75) is 44.3 Å². The lowest BCUT2D eigenvalue weighted by Gasteiger charge is -2.30. The van der Waals surface area contributed by atoms with Crippen LogP contribution in [-0.4, -0.2) is 33.2 Å². The second-order valence-electron chi connectivity index (χ2n) is 7.97. The molecule has 2 aromatic carbocycles. The first-order chi connectivity index (χ1) is 12.4. The average molecular weight is 373 g/mol. The largest absolute Gasteiger partial charge is 0.493 e. The van der Waals surface area contributed by atoms with E-state index >= 15 is 0 Å². The lowest BCUT2D eigenvalue weighted by Crippen LogP contribution is -2.26. The Labute approximate surface area is 156 Å². The number of aliphatic hydroxyl groups is 1. The first-order valence-corrected chi connectivity index (χ1v) is 12.8. The van der Waals surface area contributed by atoms with E-state index in [4.69, 9.17) is 14.2 Å². The Morgan fingerprint density at radius 3 is 2.50 bits per heavy atom. The Kier molecular flexibility index (Phi) is 5.58. The molecular formula is C21H28O4Si. The highest BCUT2D eigenvalue weighted by Crippen LogP contribution is 2.45. The molecule has 1 N–H and O–H groups in total. The summed E-state index contributed by atoms with van der Waals surface area (Å²) in [6.45, 7) is 7.63. The van der Waals surface area contributed by atoms with Crippen molar-refractivity contribution in [3.63, 3.8) is 0 Å². The van der Waals surface area contributed by atoms with Gasteiger partial charge in [-0.2, -0.15) is 0 Å². The number of fused-ring (bicyclic) bond motifs is 1. The number of methoxy groups -OCH3 is 1. The highest BCUT2D eigenvalue weighted by atomic mass is 28.3. The number of ether oxygens (including phenoxy) is 3. The summed E-state index contributed by atoms with van der Waals surface area (Å²) < 4.78 is 17.3. The first kappa shape index (κ1) is 18.8. The van der Waals surface area contributed by atoms with Crippen molar-refractivity contribution in [2.24, 2.45) is 0 Å². The summed E-state index contributed by atoms with van der Waals surface area (Å²) in [6.07, 6.45) is -0.299. The van der Waals surface area contributed by atoms with Crippen molar-refractivity contribution in [1.82, 2.24) is 0 Å². The van der Waals surface area contributed by atoms with E-state index in [1.54, 1.807) is 7.11 Å². The second kappa shape index (κ2) is 7.72. The number of benzene rings is 2. The van der Waals surface area contributed by atoms with Crippen LogP contribution in [0.1, 0.15) is 23.5 Å². The van der Waals surface area contributed by atoms with Crippen LogP contribution >= 0.6 is 0 Å². The number of aliphatic hydroxyl groups excluding tert-OH is 1. The Morgan fingerprint density at radius 2 is 1.85 bits per heavy atom. The van der Waals surface area contributed by atoms with Crippen LogP contribution < -0.4 is 14.2 Å². The highest BCUT2D eigenvalue weighted by Gasteiger charge is 2.30. The third-order valence-corrected chi connectivity index (χ3v) is 6.39. The summed E-state index contributed by atoms with van der Waals surface area (Å²) in [6, 6.07) is 15.1. The summed E-state index contributed by atoms with van der Waals surface area (Å²) >= 11 is 0. The van der Waals surface area contributed by atoms with Crippen molar-refractivity contribution in [1.29, 1.82) is 0 Å². The maximum atomic E-state index is 10.2. The molecule has 1 heterocycles. The third kappa shape index (κ3) is 4.40. The Hall–Kier alpha value is -1.98. The number of rotatable bonds is 6. The molecule has 0 radical (unpaired) electrons. The molecular weight excluding hydrogens is 344 g/mol. The minimum atomic E-state index is -1.17. The summed E-state index contributed by atoms with van der Waals surface area (Å²) in [5, 5.41) is 10.2. The van der Waals surface area contributed by atoms with E-state index in [-0.39, 0.29) is 5.92 Å². The zero-order valence-corrected chi connectivity index (χ0v) is 17.0. The van der Waals surface area contributed by atoms with Gasteiger partial charge < -0.3 is 19.3 Å². The molecule has 2 atom stereocenters. The Bertz CT molecular complexity index is 740. The molecule has 1 aliphatic heterocycles. The maximum Gasteiger partial charge on any atom is 0.198 e. The molecule has 0 fully saturated rings. The monoisotopic (exact) mass is 372 g/mol. The van der Waals surface area contributed by atoms with Gasteiger partial charge in [-0.05, 0) is 17.7 Å². The zero-order valence-electron chi connectivity index (χ0n) is 16.0. The van der Waals surface area contributed by atoms with Crippen molar-refractivity contribution >= 4 is 8.07 Å². The van der Waals surface area contributed by atoms with Crippen LogP contribution in [-0.2, 0) is 0 Å². The van der Waals surface area contributed by atoms with Crippen LogP contribution in [0.3, 0.4) is 0 Å². The van der Waals surface area contributed by atoms with Crippen LogP contribution in [0.2, 0.25) is 25.7 Å². The van der Waals surface area contributed by atoms with Crippen molar-refractivity contribution < 1.29 is 19.3 Å². The average Bonchev–Trinajstić information content (AvgIpc) is 2.60. The summed E-state index contributed by atoms with van der Waals surface area (Å²) in [5.74, 6) is 2.12. The van der Waals surface area contributed by atoms with E-state index < -0.39 is 14.4 Å². The molecule has 0 saturated carbocycles. The minimum Gasteiger partial charge on any atom is -0.493 e. The van der Waals surface area contributed by atoms with Gasteiger partial charge >= 0.3 is 0 Å². The number of hydrogen-bond acceptors (Lipinski definition) is 4. The van der Waals surface area contributed by atoms with Gasteiger partial charge in [0.15, 0.2) is 17.8 Å². The minimum absolute atomic E-state index is 0.0693. The van der Waals surface area contributed by atoms with E-state index in [1.807, 2.05) is 30.3 Å². The predicted octanol–water partition coefficient (Wildman–Crippen LogP) is 4.65. The summed E-state index contributed by atoms with van der Waals surface area (Å²) in [5.41, 5.74) is 2.18. The van der Waals surface area contributed by atoms with E-state index in [0.717, 1.165) is 17.2 Å². The molecule has 1 aliphatic rings. The zero-order chi connectivity index (χ0) is 18.7. The van der Waals surface area contributed by atoms with Crippen LogP contribution in [0, 0.1) is 0 Å². The lowest BCUT2D eigenvalue weighted by atomic mass is 9.86. The van der Waals surface area contributed by atoms with Gasteiger partial charge in [-0.15, -0.1) is 0 Å². The standard InChI is InChI=1S/C21H28O4Si/c1-23-19-12-17-16(15-8-6-5-7-9-15)13-21(22)25-18(17)14-20(19)24-10-11-26(2,3)4/h5-9,12,14,16,21-22H,10-11,13H2,1-4H3/t16-,21+/m1/s1. The molecule has 0 spiro atoms. The first-order valence-electron chi connectivity index (χ1n) is 9.12.